The van der Waals surface area contributed by atoms with Crippen molar-refractivity contribution >= 4 is 17.5 Å². The highest BCUT2D eigenvalue weighted by molar-refractivity contribution is 5.99. The van der Waals surface area contributed by atoms with Crippen LogP contribution in [0.15, 0.2) is 42.5 Å². The van der Waals surface area contributed by atoms with Gasteiger partial charge in [-0.25, -0.2) is 0 Å². The molecule has 1 fully saturated rings. The summed E-state index contributed by atoms with van der Waals surface area (Å²) in [6, 6.07) is 12.1. The predicted molar refractivity (Wildman–Crippen MR) is 105 cm³/mol. The van der Waals surface area contributed by atoms with Crippen LogP contribution in [-0.2, 0) is 4.79 Å². The van der Waals surface area contributed by atoms with E-state index in [9.17, 15) is 9.59 Å². The highest BCUT2D eigenvalue weighted by Crippen LogP contribution is 2.28. The number of benzene rings is 2. The fraction of sp³-hybridized carbons (Fsp3) is 0.333. The summed E-state index contributed by atoms with van der Waals surface area (Å²) in [6.07, 6.45) is 0.256. The Morgan fingerprint density at radius 3 is 2.46 bits per heavy atom. The molecule has 2 amide bonds. The minimum atomic E-state index is -0.264. The van der Waals surface area contributed by atoms with E-state index in [0.29, 0.717) is 30.2 Å². The Morgan fingerprint density at radius 1 is 1.11 bits per heavy atom. The normalized spacial score (nSPS) is 16.0. The third-order valence-corrected chi connectivity index (χ3v) is 4.57. The number of carbonyl (C=O) groups excluding carboxylic acids is 2. The lowest BCUT2D eigenvalue weighted by atomic mass is 10.1. The summed E-state index contributed by atoms with van der Waals surface area (Å²) in [5, 5.41) is 2.92. The first-order chi connectivity index (χ1) is 13.5. The number of rotatable bonds is 7. The Hall–Kier alpha value is -3.22. The summed E-state index contributed by atoms with van der Waals surface area (Å²) >= 11 is 0. The lowest BCUT2D eigenvalue weighted by Gasteiger charge is -2.18. The third kappa shape index (κ3) is 4.19. The zero-order chi connectivity index (χ0) is 20.1. The zero-order valence-electron chi connectivity index (χ0n) is 16.2. The minimum absolute atomic E-state index is 0.0261. The zero-order valence-corrected chi connectivity index (χ0v) is 16.2. The highest BCUT2D eigenvalue weighted by atomic mass is 16.5. The molecule has 1 aliphatic rings. The van der Waals surface area contributed by atoms with Crippen LogP contribution in [0.4, 0.5) is 5.69 Å². The molecule has 1 N–H and O–H groups in total. The fourth-order valence-electron chi connectivity index (χ4n) is 3.19. The quantitative estimate of drug-likeness (QED) is 0.794. The Labute approximate surface area is 164 Å². The maximum absolute atomic E-state index is 12.6. The van der Waals surface area contributed by atoms with Gasteiger partial charge in [0, 0.05) is 24.2 Å². The van der Waals surface area contributed by atoms with Gasteiger partial charge in [0.1, 0.15) is 5.75 Å². The van der Waals surface area contributed by atoms with Gasteiger partial charge in [0.05, 0.1) is 26.9 Å². The Balaban J connectivity index is 1.66. The van der Waals surface area contributed by atoms with Crippen LogP contribution in [0.3, 0.4) is 0 Å². The maximum atomic E-state index is 12.6. The molecule has 0 saturated carbocycles. The smallest absolute Gasteiger partial charge is 0.251 e. The second-order valence-corrected chi connectivity index (χ2v) is 6.38. The van der Waals surface area contributed by atoms with Crippen molar-refractivity contribution in [3.63, 3.8) is 0 Å². The van der Waals surface area contributed by atoms with E-state index < -0.39 is 0 Å². The molecule has 28 heavy (non-hydrogen) atoms. The first kappa shape index (κ1) is 19.5. The number of carbonyl (C=O) groups is 2. The minimum Gasteiger partial charge on any atom is -0.494 e. The van der Waals surface area contributed by atoms with E-state index in [1.165, 1.54) is 14.2 Å². The standard InChI is InChI=1S/C21H24N2O5/c1-4-28-17-8-6-16(7-9-17)23-13-15(12-20(23)24)22-21(25)14-5-10-18(26-2)19(11-14)27-3/h5-11,15H,4,12-13H2,1-3H3,(H,22,25)/t15-/m1/s1. The number of amides is 2. The van der Waals surface area contributed by atoms with Gasteiger partial charge in [0.2, 0.25) is 5.91 Å². The van der Waals surface area contributed by atoms with E-state index in [0.717, 1.165) is 11.4 Å². The van der Waals surface area contributed by atoms with Crippen LogP contribution in [0.2, 0.25) is 0 Å². The first-order valence-corrected chi connectivity index (χ1v) is 9.11. The number of nitrogens with zero attached hydrogens (tertiary/aromatic N) is 1. The molecule has 7 heteroatoms. The topological polar surface area (TPSA) is 77.1 Å². The molecule has 1 aliphatic heterocycles. The van der Waals surface area contributed by atoms with Gasteiger partial charge in [0.25, 0.3) is 5.91 Å². The van der Waals surface area contributed by atoms with Gasteiger partial charge < -0.3 is 24.4 Å². The van der Waals surface area contributed by atoms with Crippen molar-refractivity contribution in [2.24, 2.45) is 0 Å². The Bertz CT molecular complexity index is 850. The van der Waals surface area contributed by atoms with Crippen LogP contribution in [0, 0.1) is 0 Å². The summed E-state index contributed by atoms with van der Waals surface area (Å²) in [6.45, 7) is 2.93. The summed E-state index contributed by atoms with van der Waals surface area (Å²) in [5.74, 6) is 1.51. The van der Waals surface area contributed by atoms with Gasteiger partial charge in [-0.3, -0.25) is 9.59 Å². The van der Waals surface area contributed by atoms with Crippen LogP contribution in [-0.4, -0.2) is 45.2 Å². The van der Waals surface area contributed by atoms with Crippen molar-refractivity contribution in [2.45, 2.75) is 19.4 Å². The van der Waals surface area contributed by atoms with Gasteiger partial charge in [-0.2, -0.15) is 0 Å². The van der Waals surface area contributed by atoms with Crippen molar-refractivity contribution in [2.75, 3.05) is 32.3 Å². The number of hydrogen-bond donors (Lipinski definition) is 1. The molecule has 1 heterocycles. The summed E-state index contributed by atoms with van der Waals surface area (Å²) < 4.78 is 15.9. The summed E-state index contributed by atoms with van der Waals surface area (Å²) in [7, 11) is 3.06. The SMILES string of the molecule is CCOc1ccc(N2C[C@H](NC(=O)c3ccc(OC)c(OC)c3)CC2=O)cc1. The van der Waals surface area contributed by atoms with E-state index in [1.54, 1.807) is 23.1 Å². The molecule has 0 radical (unpaired) electrons. The lowest BCUT2D eigenvalue weighted by molar-refractivity contribution is -0.117. The average Bonchev–Trinajstić information content (AvgIpc) is 3.08. The first-order valence-electron chi connectivity index (χ1n) is 9.11. The molecule has 7 nitrogen and oxygen atoms in total. The molecule has 1 saturated heterocycles. The molecule has 0 aliphatic carbocycles. The number of methoxy groups -OCH3 is 2. The molecule has 0 unspecified atom stereocenters. The van der Waals surface area contributed by atoms with Crippen molar-refractivity contribution in [3.8, 4) is 17.2 Å². The predicted octanol–water partition coefficient (Wildman–Crippen LogP) is 2.64. The molecule has 0 spiro atoms. The van der Waals surface area contributed by atoms with E-state index in [2.05, 4.69) is 5.32 Å². The molecule has 0 aromatic heterocycles. The molecule has 2 aromatic carbocycles. The monoisotopic (exact) mass is 384 g/mol. The second kappa shape index (κ2) is 8.65. The molecule has 3 rings (SSSR count). The van der Waals surface area contributed by atoms with Crippen molar-refractivity contribution in [1.29, 1.82) is 0 Å². The Kier molecular flexibility index (Phi) is 6.03. The van der Waals surface area contributed by atoms with Gasteiger partial charge in [-0.05, 0) is 49.4 Å². The maximum Gasteiger partial charge on any atom is 0.251 e. The van der Waals surface area contributed by atoms with Gasteiger partial charge >= 0.3 is 0 Å². The van der Waals surface area contributed by atoms with Crippen molar-refractivity contribution in [1.82, 2.24) is 5.32 Å². The third-order valence-electron chi connectivity index (χ3n) is 4.57. The molecule has 0 bridgehead atoms. The van der Waals surface area contributed by atoms with Crippen LogP contribution < -0.4 is 24.4 Å². The molecular weight excluding hydrogens is 360 g/mol. The highest BCUT2D eigenvalue weighted by Gasteiger charge is 2.31. The van der Waals surface area contributed by atoms with Gasteiger partial charge in [-0.1, -0.05) is 0 Å². The molecule has 148 valence electrons. The average molecular weight is 384 g/mol. The largest absolute Gasteiger partial charge is 0.494 e. The molecule has 1 atom stereocenters. The van der Waals surface area contributed by atoms with E-state index >= 15 is 0 Å². The number of nitrogens with one attached hydrogen (secondary N) is 1. The summed E-state index contributed by atoms with van der Waals surface area (Å²) in [5.41, 5.74) is 1.24. The second-order valence-electron chi connectivity index (χ2n) is 6.38. The molecular formula is C21H24N2O5. The van der Waals surface area contributed by atoms with Crippen molar-refractivity contribution in [3.05, 3.63) is 48.0 Å². The molecule has 2 aromatic rings. The van der Waals surface area contributed by atoms with E-state index in [-0.39, 0.29) is 24.3 Å². The van der Waals surface area contributed by atoms with Crippen LogP contribution in [0.5, 0.6) is 17.2 Å². The number of ether oxygens (including phenoxy) is 3. The summed E-state index contributed by atoms with van der Waals surface area (Å²) in [4.78, 5) is 26.7. The lowest BCUT2D eigenvalue weighted by Crippen LogP contribution is -2.37. The number of anilines is 1. The van der Waals surface area contributed by atoms with Crippen LogP contribution in [0.25, 0.3) is 0 Å². The van der Waals surface area contributed by atoms with Crippen LogP contribution >= 0.6 is 0 Å². The van der Waals surface area contributed by atoms with E-state index in [4.69, 9.17) is 14.2 Å². The fourth-order valence-corrected chi connectivity index (χ4v) is 3.19. The van der Waals surface area contributed by atoms with Crippen LogP contribution in [0.1, 0.15) is 23.7 Å². The van der Waals surface area contributed by atoms with Gasteiger partial charge in [-0.15, -0.1) is 0 Å². The van der Waals surface area contributed by atoms with Gasteiger partial charge in [0.15, 0.2) is 11.5 Å². The van der Waals surface area contributed by atoms with Crippen molar-refractivity contribution < 1.29 is 23.8 Å². The van der Waals surface area contributed by atoms with E-state index in [1.807, 2.05) is 31.2 Å². The number of hydrogen-bond acceptors (Lipinski definition) is 5. The Morgan fingerprint density at radius 2 is 1.82 bits per heavy atom.